The molecule has 0 aromatic heterocycles. The van der Waals surface area contributed by atoms with Gasteiger partial charge in [0.2, 0.25) is 0 Å². The van der Waals surface area contributed by atoms with E-state index in [9.17, 15) is 4.39 Å². The summed E-state index contributed by atoms with van der Waals surface area (Å²) in [6.45, 7) is 7.50. The summed E-state index contributed by atoms with van der Waals surface area (Å²) in [4.78, 5) is 2.42. The molecule has 24 heavy (non-hydrogen) atoms. The maximum Gasteiger partial charge on any atom is 0.165 e. The molecular weight excluding hydrogens is 303 g/mol. The molecule has 2 aromatic carbocycles. The molecule has 0 bridgehead atoms. The lowest BCUT2D eigenvalue weighted by atomic mass is 10.1. The molecule has 1 heterocycles. The van der Waals surface area contributed by atoms with Crippen molar-refractivity contribution in [3.63, 3.8) is 0 Å². The zero-order valence-corrected chi connectivity index (χ0v) is 14.2. The van der Waals surface area contributed by atoms with Crippen molar-refractivity contribution in [2.45, 2.75) is 20.0 Å². The average molecular weight is 328 g/mol. The Bertz CT molecular complexity index is 631. The van der Waals surface area contributed by atoms with Gasteiger partial charge in [-0.3, -0.25) is 0 Å². The molecule has 1 aliphatic rings. The molecule has 128 valence electrons. The van der Waals surface area contributed by atoms with Gasteiger partial charge >= 0.3 is 0 Å². The van der Waals surface area contributed by atoms with Crippen molar-refractivity contribution in [2.24, 2.45) is 0 Å². The molecule has 3 rings (SSSR count). The first-order valence-corrected chi connectivity index (χ1v) is 8.61. The lowest BCUT2D eigenvalue weighted by molar-refractivity contribution is 0.243. The summed E-state index contributed by atoms with van der Waals surface area (Å²) in [5.41, 5.74) is 2.94. The highest BCUT2D eigenvalue weighted by Crippen LogP contribution is 2.25. The number of piperazine rings is 1. The van der Waals surface area contributed by atoms with Crippen LogP contribution in [0, 0.1) is 12.7 Å². The van der Waals surface area contributed by atoms with Crippen LogP contribution in [0.1, 0.15) is 16.7 Å². The predicted molar refractivity (Wildman–Crippen MR) is 94.9 cm³/mol. The van der Waals surface area contributed by atoms with Crippen molar-refractivity contribution >= 4 is 0 Å². The van der Waals surface area contributed by atoms with Gasteiger partial charge in [0.25, 0.3) is 0 Å². The van der Waals surface area contributed by atoms with Gasteiger partial charge < -0.3 is 15.0 Å². The molecule has 0 atom stereocenters. The SMILES string of the molecule is Cc1cc(CCN2CCNCC2)cc(F)c1OCc1ccccc1. The summed E-state index contributed by atoms with van der Waals surface area (Å²) < 4.78 is 20.1. The van der Waals surface area contributed by atoms with Gasteiger partial charge in [-0.25, -0.2) is 4.39 Å². The molecule has 1 N–H and O–H groups in total. The average Bonchev–Trinajstić information content (AvgIpc) is 2.61. The van der Waals surface area contributed by atoms with E-state index in [1.165, 1.54) is 0 Å². The third-order valence-electron chi connectivity index (χ3n) is 4.44. The Morgan fingerprint density at radius 2 is 1.83 bits per heavy atom. The van der Waals surface area contributed by atoms with E-state index in [0.29, 0.717) is 12.4 Å². The van der Waals surface area contributed by atoms with Crippen molar-refractivity contribution in [1.29, 1.82) is 0 Å². The minimum absolute atomic E-state index is 0.263. The van der Waals surface area contributed by atoms with Crippen molar-refractivity contribution in [2.75, 3.05) is 32.7 Å². The Hall–Kier alpha value is -1.91. The first kappa shape index (κ1) is 16.9. The van der Waals surface area contributed by atoms with Crippen molar-refractivity contribution < 1.29 is 9.13 Å². The molecule has 1 fully saturated rings. The number of hydrogen-bond donors (Lipinski definition) is 1. The molecule has 0 radical (unpaired) electrons. The van der Waals surface area contributed by atoms with Crippen LogP contribution in [-0.4, -0.2) is 37.6 Å². The Labute approximate surface area is 143 Å². The molecule has 0 aliphatic carbocycles. The summed E-state index contributed by atoms with van der Waals surface area (Å²) in [6.07, 6.45) is 0.872. The molecule has 0 spiro atoms. The number of hydrogen-bond acceptors (Lipinski definition) is 3. The quantitative estimate of drug-likeness (QED) is 0.881. The van der Waals surface area contributed by atoms with Gasteiger partial charge in [-0.15, -0.1) is 0 Å². The molecule has 0 amide bonds. The number of aryl methyl sites for hydroxylation is 1. The van der Waals surface area contributed by atoms with Crippen molar-refractivity contribution in [1.82, 2.24) is 10.2 Å². The van der Waals surface area contributed by atoms with Crippen LogP contribution in [0.5, 0.6) is 5.75 Å². The van der Waals surface area contributed by atoms with Gasteiger partial charge in [0, 0.05) is 32.7 Å². The van der Waals surface area contributed by atoms with Crippen molar-refractivity contribution in [3.05, 3.63) is 65.0 Å². The molecule has 3 nitrogen and oxygen atoms in total. The molecule has 0 unspecified atom stereocenters. The van der Waals surface area contributed by atoms with Crippen LogP contribution in [0.3, 0.4) is 0 Å². The zero-order chi connectivity index (χ0) is 16.8. The van der Waals surface area contributed by atoms with Crippen LogP contribution in [-0.2, 0) is 13.0 Å². The second-order valence-corrected chi connectivity index (χ2v) is 6.34. The Morgan fingerprint density at radius 3 is 2.54 bits per heavy atom. The highest BCUT2D eigenvalue weighted by atomic mass is 19.1. The van der Waals surface area contributed by atoms with Gasteiger partial charge in [0.05, 0.1) is 0 Å². The van der Waals surface area contributed by atoms with Gasteiger partial charge in [-0.05, 0) is 36.1 Å². The number of halogens is 1. The first-order chi connectivity index (χ1) is 11.7. The van der Waals surface area contributed by atoms with E-state index in [-0.39, 0.29) is 5.82 Å². The van der Waals surface area contributed by atoms with Crippen LogP contribution in [0.15, 0.2) is 42.5 Å². The Kier molecular flexibility index (Phi) is 5.83. The van der Waals surface area contributed by atoms with Crippen LogP contribution < -0.4 is 10.1 Å². The standard InChI is InChI=1S/C20H25FN2O/c1-16-13-18(7-10-23-11-8-22-9-12-23)14-19(21)20(16)24-15-17-5-3-2-4-6-17/h2-6,13-14,22H,7-12,15H2,1H3. The van der Waals surface area contributed by atoms with Crippen molar-refractivity contribution in [3.8, 4) is 5.75 Å². The number of benzene rings is 2. The number of nitrogens with zero attached hydrogens (tertiary/aromatic N) is 1. The fraction of sp³-hybridized carbons (Fsp3) is 0.400. The third-order valence-corrected chi connectivity index (χ3v) is 4.44. The minimum Gasteiger partial charge on any atom is -0.486 e. The van der Waals surface area contributed by atoms with Crippen LogP contribution in [0.2, 0.25) is 0 Å². The fourth-order valence-corrected chi connectivity index (χ4v) is 3.08. The monoisotopic (exact) mass is 328 g/mol. The summed E-state index contributed by atoms with van der Waals surface area (Å²) in [7, 11) is 0. The van der Waals surface area contributed by atoms with Gasteiger partial charge in [-0.1, -0.05) is 36.4 Å². The van der Waals surface area contributed by atoms with E-state index < -0.39 is 0 Å². The Balaban J connectivity index is 1.60. The summed E-state index contributed by atoms with van der Waals surface area (Å²) in [5.74, 6) is 0.103. The molecule has 4 heteroatoms. The van der Waals surface area contributed by atoms with E-state index >= 15 is 0 Å². The maximum atomic E-state index is 14.4. The number of rotatable bonds is 6. The topological polar surface area (TPSA) is 24.5 Å². The summed E-state index contributed by atoms with van der Waals surface area (Å²) in [5, 5.41) is 3.35. The van der Waals surface area contributed by atoms with E-state index in [0.717, 1.165) is 55.8 Å². The molecule has 2 aromatic rings. The van der Waals surface area contributed by atoms with E-state index in [2.05, 4.69) is 10.2 Å². The van der Waals surface area contributed by atoms with E-state index in [1.54, 1.807) is 6.07 Å². The highest BCUT2D eigenvalue weighted by molar-refractivity contribution is 5.38. The van der Waals surface area contributed by atoms with Crippen LogP contribution in [0.25, 0.3) is 0 Å². The van der Waals surface area contributed by atoms with E-state index in [4.69, 9.17) is 4.74 Å². The lowest BCUT2D eigenvalue weighted by Gasteiger charge is -2.27. The summed E-state index contributed by atoms with van der Waals surface area (Å²) in [6, 6.07) is 13.5. The molecule has 1 aliphatic heterocycles. The molecule has 0 saturated carbocycles. The minimum atomic E-state index is -0.263. The van der Waals surface area contributed by atoms with Gasteiger partial charge in [0.1, 0.15) is 6.61 Å². The fourth-order valence-electron chi connectivity index (χ4n) is 3.08. The van der Waals surface area contributed by atoms with Gasteiger partial charge in [0.15, 0.2) is 11.6 Å². The highest BCUT2D eigenvalue weighted by Gasteiger charge is 2.12. The number of nitrogens with one attached hydrogen (secondary N) is 1. The van der Waals surface area contributed by atoms with E-state index in [1.807, 2.05) is 43.3 Å². The largest absolute Gasteiger partial charge is 0.486 e. The lowest BCUT2D eigenvalue weighted by Crippen LogP contribution is -2.44. The third kappa shape index (κ3) is 4.56. The van der Waals surface area contributed by atoms with Gasteiger partial charge in [-0.2, -0.15) is 0 Å². The molecular formula is C20H25FN2O. The second kappa shape index (κ2) is 8.27. The first-order valence-electron chi connectivity index (χ1n) is 8.61. The molecule has 1 saturated heterocycles. The smallest absolute Gasteiger partial charge is 0.165 e. The van der Waals surface area contributed by atoms with Crippen LogP contribution in [0.4, 0.5) is 4.39 Å². The summed E-state index contributed by atoms with van der Waals surface area (Å²) >= 11 is 0. The van der Waals surface area contributed by atoms with Crippen LogP contribution >= 0.6 is 0 Å². The zero-order valence-electron chi connectivity index (χ0n) is 14.2. The predicted octanol–water partition coefficient (Wildman–Crippen LogP) is 3.16. The second-order valence-electron chi connectivity index (χ2n) is 6.34. The maximum absolute atomic E-state index is 14.4. The Morgan fingerprint density at radius 1 is 1.08 bits per heavy atom. The normalized spacial score (nSPS) is 15.4. The number of ether oxygens (including phenoxy) is 1.